The molecule has 2 aliphatic rings. The summed E-state index contributed by atoms with van der Waals surface area (Å²) in [6.45, 7) is 6.54. The minimum absolute atomic E-state index is 0.212. The molecule has 3 heteroatoms. The van der Waals surface area contributed by atoms with Crippen LogP contribution in [0.5, 0.6) is 0 Å². The third-order valence-corrected chi connectivity index (χ3v) is 6.21. The molecule has 1 fully saturated rings. The molecular weight excluding hydrogens is 380 g/mol. The van der Waals surface area contributed by atoms with E-state index < -0.39 is 0 Å². The molecule has 1 aliphatic carbocycles. The molecule has 0 amide bonds. The Morgan fingerprint density at radius 1 is 0.935 bits per heavy atom. The van der Waals surface area contributed by atoms with Crippen molar-refractivity contribution in [1.82, 2.24) is 5.32 Å². The Kier molecular flexibility index (Phi) is 7.39. The van der Waals surface area contributed by atoms with Crippen molar-refractivity contribution in [3.63, 3.8) is 0 Å². The third-order valence-electron chi connectivity index (χ3n) is 6.21. The molecular formula is C28H34N2O. The van der Waals surface area contributed by atoms with Gasteiger partial charge in [0.1, 0.15) is 0 Å². The molecule has 162 valence electrons. The van der Waals surface area contributed by atoms with Crippen LogP contribution in [0, 0.1) is 6.92 Å². The highest BCUT2D eigenvalue weighted by molar-refractivity contribution is 5.86. The first-order valence-corrected chi connectivity index (χ1v) is 11.6. The molecule has 0 aromatic heterocycles. The first kappa shape index (κ1) is 21.6. The highest BCUT2D eigenvalue weighted by Crippen LogP contribution is 2.35. The van der Waals surface area contributed by atoms with E-state index >= 15 is 0 Å². The molecule has 4 rings (SSSR count). The standard InChI is InChI=1S/C28H34N2O/c1-22-9-11-24(12-10-22)28(27(8-5-21-31)23-6-3-2-4-7-23)25-13-15-26(16-14-25)30-19-17-29-18-20-30/h3,6-7,9-16,29,31H,2,4-5,8,17-21H2,1H3/b28-27-. The highest BCUT2D eigenvalue weighted by Gasteiger charge is 2.17. The van der Waals surface area contributed by atoms with Crippen LogP contribution >= 0.6 is 0 Å². The SMILES string of the molecule is Cc1ccc(/C(=C(\CCCO)C2=CCCC=C2)c2ccc(N3CCNCC3)cc2)cc1. The summed E-state index contributed by atoms with van der Waals surface area (Å²) >= 11 is 0. The van der Waals surface area contributed by atoms with E-state index in [9.17, 15) is 5.11 Å². The monoisotopic (exact) mass is 414 g/mol. The van der Waals surface area contributed by atoms with Gasteiger partial charge >= 0.3 is 0 Å². The van der Waals surface area contributed by atoms with Gasteiger partial charge in [-0.3, -0.25) is 0 Å². The van der Waals surface area contributed by atoms with Gasteiger partial charge in [-0.05, 0) is 72.6 Å². The molecule has 0 saturated carbocycles. The van der Waals surface area contributed by atoms with Gasteiger partial charge in [-0.15, -0.1) is 0 Å². The van der Waals surface area contributed by atoms with Crippen molar-refractivity contribution in [2.45, 2.75) is 32.6 Å². The van der Waals surface area contributed by atoms with Crippen molar-refractivity contribution in [2.75, 3.05) is 37.7 Å². The van der Waals surface area contributed by atoms with Gasteiger partial charge in [0.2, 0.25) is 0 Å². The Bertz CT molecular complexity index is 946. The summed E-state index contributed by atoms with van der Waals surface area (Å²) in [5, 5.41) is 13.0. The number of piperazine rings is 1. The molecule has 31 heavy (non-hydrogen) atoms. The summed E-state index contributed by atoms with van der Waals surface area (Å²) in [7, 11) is 0. The molecule has 1 heterocycles. The Morgan fingerprint density at radius 3 is 2.23 bits per heavy atom. The lowest BCUT2D eigenvalue weighted by Crippen LogP contribution is -2.43. The van der Waals surface area contributed by atoms with E-state index in [1.54, 1.807) is 0 Å². The Labute approximate surface area is 186 Å². The van der Waals surface area contributed by atoms with Crippen molar-refractivity contribution in [3.05, 3.63) is 94.6 Å². The second-order valence-corrected chi connectivity index (χ2v) is 8.47. The minimum Gasteiger partial charge on any atom is -0.396 e. The van der Waals surface area contributed by atoms with Crippen LogP contribution in [0.4, 0.5) is 5.69 Å². The zero-order valence-corrected chi connectivity index (χ0v) is 18.6. The number of allylic oxidation sites excluding steroid dienone is 5. The number of nitrogens with one attached hydrogen (secondary N) is 1. The van der Waals surface area contributed by atoms with E-state index in [0.717, 1.165) is 51.9 Å². The maximum absolute atomic E-state index is 9.58. The number of aryl methyl sites for hydroxylation is 1. The van der Waals surface area contributed by atoms with E-state index in [4.69, 9.17) is 0 Å². The maximum atomic E-state index is 9.58. The fraction of sp³-hybridized carbons (Fsp3) is 0.357. The molecule has 2 aromatic carbocycles. The smallest absolute Gasteiger partial charge is 0.0434 e. The second kappa shape index (κ2) is 10.6. The molecule has 0 atom stereocenters. The number of nitrogens with zero attached hydrogens (tertiary/aromatic N) is 1. The summed E-state index contributed by atoms with van der Waals surface area (Å²) in [5.41, 5.74) is 8.99. The van der Waals surface area contributed by atoms with Gasteiger partial charge in [-0.25, -0.2) is 0 Å². The van der Waals surface area contributed by atoms with Gasteiger partial charge in [-0.2, -0.15) is 0 Å². The van der Waals surface area contributed by atoms with Crippen molar-refractivity contribution in [2.24, 2.45) is 0 Å². The number of anilines is 1. The number of hydrogen-bond acceptors (Lipinski definition) is 3. The maximum Gasteiger partial charge on any atom is 0.0434 e. The fourth-order valence-electron chi connectivity index (χ4n) is 4.50. The van der Waals surface area contributed by atoms with Crippen molar-refractivity contribution in [3.8, 4) is 0 Å². The first-order chi connectivity index (χ1) is 15.3. The minimum atomic E-state index is 0.212. The van der Waals surface area contributed by atoms with Crippen LogP contribution in [0.2, 0.25) is 0 Å². The lowest BCUT2D eigenvalue weighted by molar-refractivity contribution is 0.289. The summed E-state index contributed by atoms with van der Waals surface area (Å²) in [5.74, 6) is 0. The summed E-state index contributed by atoms with van der Waals surface area (Å²) in [6, 6.07) is 17.9. The average molecular weight is 415 g/mol. The van der Waals surface area contributed by atoms with Gasteiger partial charge in [0.25, 0.3) is 0 Å². The van der Waals surface area contributed by atoms with Crippen molar-refractivity contribution >= 4 is 11.3 Å². The zero-order chi connectivity index (χ0) is 21.5. The molecule has 1 aliphatic heterocycles. The quantitative estimate of drug-likeness (QED) is 0.649. The van der Waals surface area contributed by atoms with E-state index in [-0.39, 0.29) is 6.61 Å². The Morgan fingerprint density at radius 2 is 1.61 bits per heavy atom. The predicted molar refractivity (Wildman–Crippen MR) is 132 cm³/mol. The van der Waals surface area contributed by atoms with Crippen LogP contribution in [-0.2, 0) is 0 Å². The molecule has 0 unspecified atom stereocenters. The normalized spacial score (nSPS) is 17.4. The number of aliphatic hydroxyl groups is 1. The van der Waals surface area contributed by atoms with Gasteiger partial charge in [0.15, 0.2) is 0 Å². The van der Waals surface area contributed by atoms with Crippen molar-refractivity contribution < 1.29 is 5.11 Å². The average Bonchev–Trinajstić information content (AvgIpc) is 2.84. The van der Waals surface area contributed by atoms with Crippen LogP contribution in [0.1, 0.15) is 42.4 Å². The van der Waals surface area contributed by atoms with Gasteiger partial charge < -0.3 is 15.3 Å². The topological polar surface area (TPSA) is 35.5 Å². The first-order valence-electron chi connectivity index (χ1n) is 11.6. The number of benzene rings is 2. The molecule has 3 nitrogen and oxygen atoms in total. The van der Waals surface area contributed by atoms with Crippen molar-refractivity contribution in [1.29, 1.82) is 0 Å². The summed E-state index contributed by atoms with van der Waals surface area (Å²) < 4.78 is 0. The number of aliphatic hydroxyl groups excluding tert-OH is 1. The van der Waals surface area contributed by atoms with Gasteiger partial charge in [0.05, 0.1) is 0 Å². The summed E-state index contributed by atoms with van der Waals surface area (Å²) in [4.78, 5) is 2.45. The van der Waals surface area contributed by atoms with Crippen LogP contribution in [0.25, 0.3) is 5.57 Å². The molecule has 2 aromatic rings. The summed E-state index contributed by atoms with van der Waals surface area (Å²) in [6.07, 6.45) is 10.7. The number of hydrogen-bond donors (Lipinski definition) is 2. The van der Waals surface area contributed by atoms with E-state index in [2.05, 4.69) is 83.9 Å². The Hall–Kier alpha value is -2.62. The molecule has 0 spiro atoms. The van der Waals surface area contributed by atoms with E-state index in [1.807, 2.05) is 0 Å². The molecule has 0 radical (unpaired) electrons. The van der Waals surface area contributed by atoms with Crippen LogP contribution < -0.4 is 10.2 Å². The van der Waals surface area contributed by atoms with E-state index in [1.165, 1.54) is 39.1 Å². The highest BCUT2D eigenvalue weighted by atomic mass is 16.2. The number of rotatable bonds is 7. The fourth-order valence-corrected chi connectivity index (χ4v) is 4.50. The lowest BCUT2D eigenvalue weighted by atomic mass is 9.85. The predicted octanol–water partition coefficient (Wildman–Crippen LogP) is 5.26. The lowest BCUT2D eigenvalue weighted by Gasteiger charge is -2.29. The zero-order valence-electron chi connectivity index (χ0n) is 18.6. The third kappa shape index (κ3) is 5.36. The second-order valence-electron chi connectivity index (χ2n) is 8.47. The van der Waals surface area contributed by atoms with Crippen LogP contribution in [0.3, 0.4) is 0 Å². The van der Waals surface area contributed by atoms with Crippen LogP contribution in [-0.4, -0.2) is 37.9 Å². The van der Waals surface area contributed by atoms with Crippen LogP contribution in [0.15, 0.2) is 77.9 Å². The molecule has 1 saturated heterocycles. The molecule has 2 N–H and O–H groups in total. The largest absolute Gasteiger partial charge is 0.396 e. The van der Waals surface area contributed by atoms with Gasteiger partial charge in [-0.1, -0.05) is 60.2 Å². The Balaban J connectivity index is 1.79. The van der Waals surface area contributed by atoms with Gasteiger partial charge in [0, 0.05) is 38.5 Å². The molecule has 0 bridgehead atoms. The van der Waals surface area contributed by atoms with E-state index in [0.29, 0.717) is 0 Å².